The first-order valence-electron chi connectivity index (χ1n) is 2.25. The summed E-state index contributed by atoms with van der Waals surface area (Å²) in [6.45, 7) is 4.91. The maximum absolute atomic E-state index is 4.91. The van der Waals surface area contributed by atoms with Crippen molar-refractivity contribution < 1.29 is 0 Å². The lowest BCUT2D eigenvalue weighted by molar-refractivity contribution is 1.28. The number of aliphatic imine (C=N–C) groups is 1. The van der Waals surface area contributed by atoms with Crippen LogP contribution in [-0.2, 0) is 0 Å². The first kappa shape index (κ1) is 4.97. The van der Waals surface area contributed by atoms with Crippen molar-refractivity contribution in [2.75, 3.05) is 0 Å². The van der Waals surface area contributed by atoms with Gasteiger partial charge in [0.25, 0.3) is 0 Å². The molecule has 2 heteroatoms. The Labute approximate surface area is 47.9 Å². The number of rotatable bonds is 1. The zero-order chi connectivity index (χ0) is 5.82. The Morgan fingerprint density at radius 2 is 2.38 bits per heavy atom. The number of hydrogen-bond acceptors (Lipinski definition) is 2. The lowest BCUT2D eigenvalue weighted by Crippen LogP contribution is -1.66. The van der Waals surface area contributed by atoms with Gasteiger partial charge in [0, 0.05) is 12.9 Å². The average molecular weight is 105 g/mol. The second-order valence-corrected chi connectivity index (χ2v) is 1.32. The average Bonchev–Trinajstić information content (AvgIpc) is 1.90. The molecule has 0 aliphatic rings. The summed E-state index contributed by atoms with van der Waals surface area (Å²) < 4.78 is 0. The van der Waals surface area contributed by atoms with Gasteiger partial charge < -0.3 is 0 Å². The third kappa shape index (κ3) is 0.904. The molecule has 8 heavy (non-hydrogen) atoms. The molecule has 0 aliphatic carbocycles. The van der Waals surface area contributed by atoms with Crippen molar-refractivity contribution in [2.24, 2.45) is 4.99 Å². The van der Waals surface area contributed by atoms with Crippen molar-refractivity contribution >= 4 is 12.5 Å². The van der Waals surface area contributed by atoms with E-state index in [1.165, 1.54) is 0 Å². The van der Waals surface area contributed by atoms with Gasteiger partial charge in [0.05, 0.1) is 0 Å². The maximum atomic E-state index is 4.91. The van der Waals surface area contributed by atoms with Crippen LogP contribution in [0.15, 0.2) is 29.4 Å². The van der Waals surface area contributed by atoms with E-state index in [1.54, 1.807) is 12.3 Å². The van der Waals surface area contributed by atoms with Crippen LogP contribution in [0.3, 0.4) is 0 Å². The minimum atomic E-state index is 0.563. The zero-order valence-corrected chi connectivity index (χ0v) is 4.28. The van der Waals surface area contributed by atoms with Gasteiger partial charge in [-0.25, -0.2) is 9.98 Å². The molecule has 39 valence electrons. The van der Waals surface area contributed by atoms with Gasteiger partial charge in [0.15, 0.2) is 5.82 Å². The molecule has 0 aliphatic heterocycles. The highest BCUT2D eigenvalue weighted by Gasteiger charge is 1.78. The van der Waals surface area contributed by atoms with Crippen LogP contribution >= 0.6 is 0 Å². The normalized spacial score (nSPS) is 8.50. The quantitative estimate of drug-likeness (QED) is 0.494. The molecule has 1 radical (unpaired) electrons. The third-order valence-electron chi connectivity index (χ3n) is 0.782. The molecule has 1 rings (SSSR count). The van der Waals surface area contributed by atoms with Crippen molar-refractivity contribution in [1.82, 2.24) is 4.98 Å². The van der Waals surface area contributed by atoms with Gasteiger partial charge in [-0.2, -0.15) is 0 Å². The van der Waals surface area contributed by atoms with E-state index in [0.29, 0.717) is 5.82 Å². The highest BCUT2D eigenvalue weighted by Crippen LogP contribution is 2.01. The first-order valence-corrected chi connectivity index (χ1v) is 2.25. The Hall–Kier alpha value is -1.18. The van der Waals surface area contributed by atoms with Gasteiger partial charge in [0.1, 0.15) is 0 Å². The van der Waals surface area contributed by atoms with Gasteiger partial charge in [-0.1, -0.05) is 6.07 Å². The van der Waals surface area contributed by atoms with Gasteiger partial charge >= 0.3 is 0 Å². The van der Waals surface area contributed by atoms with E-state index in [9.17, 15) is 0 Å². The summed E-state index contributed by atoms with van der Waals surface area (Å²) in [5.41, 5.74) is 0. The van der Waals surface area contributed by atoms with Gasteiger partial charge in [-0.05, 0) is 12.1 Å². The van der Waals surface area contributed by atoms with Crippen LogP contribution < -0.4 is 0 Å². The molecular formula is C6H5N2. The number of aromatic nitrogens is 1. The summed E-state index contributed by atoms with van der Waals surface area (Å²) in [6.07, 6.45) is 1.64. The molecule has 0 saturated carbocycles. The van der Waals surface area contributed by atoms with Crippen molar-refractivity contribution in [3.05, 3.63) is 24.4 Å². The highest BCUT2D eigenvalue weighted by molar-refractivity contribution is 5.38. The van der Waals surface area contributed by atoms with Crippen molar-refractivity contribution in [1.29, 1.82) is 0 Å². The zero-order valence-electron chi connectivity index (χ0n) is 4.28. The second kappa shape index (κ2) is 2.21. The SMILES string of the molecule is [CH]=Nc1ccccn1. The lowest BCUT2D eigenvalue weighted by Gasteiger charge is -1.83. The molecule has 1 aromatic rings. The Morgan fingerprint density at radius 3 is 2.75 bits per heavy atom. The topological polar surface area (TPSA) is 25.2 Å². The molecule has 0 bridgehead atoms. The van der Waals surface area contributed by atoms with Crippen LogP contribution in [0.4, 0.5) is 5.82 Å². The summed E-state index contributed by atoms with van der Waals surface area (Å²) in [5.74, 6) is 0.563. The third-order valence-corrected chi connectivity index (χ3v) is 0.782. The van der Waals surface area contributed by atoms with E-state index in [-0.39, 0.29) is 0 Å². The van der Waals surface area contributed by atoms with Gasteiger partial charge in [-0.3, -0.25) is 0 Å². The molecule has 0 N–H and O–H groups in total. The van der Waals surface area contributed by atoms with E-state index in [0.717, 1.165) is 0 Å². The minimum absolute atomic E-state index is 0.563. The molecule has 0 fully saturated rings. The molecule has 1 aromatic heterocycles. The number of hydrogen-bond donors (Lipinski definition) is 0. The van der Waals surface area contributed by atoms with E-state index in [4.69, 9.17) is 6.72 Å². The minimum Gasteiger partial charge on any atom is -0.237 e. The summed E-state index contributed by atoms with van der Waals surface area (Å²) in [7, 11) is 0. The highest BCUT2D eigenvalue weighted by atomic mass is 14.9. The van der Waals surface area contributed by atoms with Crippen LogP contribution in [0, 0.1) is 0 Å². The van der Waals surface area contributed by atoms with E-state index in [1.807, 2.05) is 12.1 Å². The van der Waals surface area contributed by atoms with E-state index >= 15 is 0 Å². The molecule has 0 atom stereocenters. The molecular weight excluding hydrogens is 100 g/mol. The predicted molar refractivity (Wildman–Crippen MR) is 32.4 cm³/mol. The Kier molecular flexibility index (Phi) is 1.37. The monoisotopic (exact) mass is 105 g/mol. The second-order valence-electron chi connectivity index (χ2n) is 1.32. The van der Waals surface area contributed by atoms with Gasteiger partial charge in [-0.15, -0.1) is 0 Å². The Morgan fingerprint density at radius 1 is 1.50 bits per heavy atom. The molecule has 0 spiro atoms. The first-order chi connectivity index (χ1) is 3.93. The van der Waals surface area contributed by atoms with Crippen molar-refractivity contribution in [2.45, 2.75) is 0 Å². The smallest absolute Gasteiger partial charge is 0.151 e. The van der Waals surface area contributed by atoms with Crippen LogP contribution in [-0.4, -0.2) is 11.7 Å². The molecule has 1 heterocycles. The van der Waals surface area contributed by atoms with Crippen LogP contribution in [0.2, 0.25) is 0 Å². The fourth-order valence-electron chi connectivity index (χ4n) is 0.430. The van der Waals surface area contributed by atoms with Crippen LogP contribution in [0.25, 0.3) is 0 Å². The number of nitrogens with zero attached hydrogens (tertiary/aromatic N) is 2. The fraction of sp³-hybridized carbons (Fsp3) is 0. The number of pyridine rings is 1. The Balaban J connectivity index is 2.99. The summed E-state index contributed by atoms with van der Waals surface area (Å²) in [5, 5.41) is 0. The summed E-state index contributed by atoms with van der Waals surface area (Å²) >= 11 is 0. The molecule has 0 unspecified atom stereocenters. The van der Waals surface area contributed by atoms with Crippen molar-refractivity contribution in [3.63, 3.8) is 0 Å². The summed E-state index contributed by atoms with van der Waals surface area (Å²) in [4.78, 5) is 7.16. The van der Waals surface area contributed by atoms with E-state index in [2.05, 4.69) is 9.98 Å². The van der Waals surface area contributed by atoms with E-state index < -0.39 is 0 Å². The molecule has 0 aromatic carbocycles. The lowest BCUT2D eigenvalue weighted by atomic mass is 10.5. The summed E-state index contributed by atoms with van der Waals surface area (Å²) in [6, 6.07) is 5.38. The largest absolute Gasteiger partial charge is 0.237 e. The fourth-order valence-corrected chi connectivity index (χ4v) is 0.430. The predicted octanol–water partition coefficient (Wildman–Crippen LogP) is 1.29. The van der Waals surface area contributed by atoms with Crippen molar-refractivity contribution in [3.8, 4) is 0 Å². The molecule has 0 saturated heterocycles. The van der Waals surface area contributed by atoms with Crippen LogP contribution in [0.1, 0.15) is 0 Å². The Bertz CT molecular complexity index is 169. The standard InChI is InChI=1S/C6H5N2/c1-7-6-4-2-3-5-8-6/h1-5H. The van der Waals surface area contributed by atoms with Gasteiger partial charge in [0.2, 0.25) is 0 Å². The molecule has 2 nitrogen and oxygen atoms in total. The van der Waals surface area contributed by atoms with Crippen LogP contribution in [0.5, 0.6) is 0 Å². The molecule has 0 amide bonds. The maximum Gasteiger partial charge on any atom is 0.151 e.